The highest BCUT2D eigenvalue weighted by Gasteiger charge is 2.71. The van der Waals surface area contributed by atoms with E-state index in [1.165, 1.54) is 0 Å². The van der Waals surface area contributed by atoms with Crippen LogP contribution in [0.15, 0.2) is 11.6 Å². The van der Waals surface area contributed by atoms with Crippen LogP contribution in [-0.2, 0) is 33.3 Å². The molecule has 9 heteroatoms. The van der Waals surface area contributed by atoms with Crippen LogP contribution >= 0.6 is 0 Å². The average Bonchev–Trinajstić information content (AvgIpc) is 3.55. The van der Waals surface area contributed by atoms with Crippen molar-refractivity contribution in [2.24, 2.45) is 28.6 Å². The molecule has 12 atom stereocenters. The Kier molecular flexibility index (Phi) is 6.46. The van der Waals surface area contributed by atoms with Gasteiger partial charge in [-0.1, -0.05) is 6.92 Å². The molecule has 7 rings (SSSR count). The van der Waals surface area contributed by atoms with Crippen molar-refractivity contribution in [3.63, 3.8) is 0 Å². The van der Waals surface area contributed by atoms with Gasteiger partial charge in [0, 0.05) is 24.3 Å². The van der Waals surface area contributed by atoms with Crippen LogP contribution in [0, 0.1) is 28.6 Å². The van der Waals surface area contributed by atoms with Crippen LogP contribution in [0.25, 0.3) is 0 Å². The van der Waals surface area contributed by atoms with E-state index in [0.717, 1.165) is 31.1 Å². The Morgan fingerprint density at radius 3 is 2.51 bits per heavy atom. The molecule has 4 saturated carbocycles. The number of hydrogen-bond donors (Lipinski definition) is 2. The molecule has 0 bridgehead atoms. The predicted molar refractivity (Wildman–Crippen MR) is 145 cm³/mol. The first-order chi connectivity index (χ1) is 19.3. The summed E-state index contributed by atoms with van der Waals surface area (Å²) in [6.45, 7) is 8.28. The van der Waals surface area contributed by atoms with Gasteiger partial charge in [0.1, 0.15) is 19.0 Å². The normalized spacial score (nSPS) is 53.9. The van der Waals surface area contributed by atoms with Gasteiger partial charge in [-0.05, 0) is 95.5 Å². The number of ether oxygens (including phenoxy) is 5. The summed E-state index contributed by atoms with van der Waals surface area (Å²) in [4.78, 5) is 24.9. The topological polar surface area (TPSA) is 121 Å². The van der Waals surface area contributed by atoms with Gasteiger partial charge >= 0.3 is 5.97 Å². The Morgan fingerprint density at radius 1 is 1.00 bits per heavy atom. The molecule has 3 heterocycles. The van der Waals surface area contributed by atoms with Gasteiger partial charge in [0.2, 0.25) is 0 Å². The van der Waals surface area contributed by atoms with Gasteiger partial charge in [-0.2, -0.15) is 0 Å². The largest absolute Gasteiger partial charge is 0.458 e. The molecule has 0 spiro atoms. The Labute approximate surface area is 242 Å². The minimum absolute atomic E-state index is 0.0739. The maximum Gasteiger partial charge on any atom is 0.331 e. The van der Waals surface area contributed by atoms with Gasteiger partial charge in [-0.3, -0.25) is 0 Å². The molecule has 41 heavy (non-hydrogen) atoms. The molecule has 228 valence electrons. The van der Waals surface area contributed by atoms with E-state index in [9.17, 15) is 19.8 Å². The van der Waals surface area contributed by atoms with Crippen LogP contribution < -0.4 is 0 Å². The van der Waals surface area contributed by atoms with Crippen molar-refractivity contribution in [1.82, 2.24) is 0 Å². The van der Waals surface area contributed by atoms with E-state index in [0.29, 0.717) is 51.6 Å². The van der Waals surface area contributed by atoms with Gasteiger partial charge in [0.15, 0.2) is 12.1 Å². The number of carbonyl (C=O) groups excluding carboxylic acids is 2. The van der Waals surface area contributed by atoms with Crippen molar-refractivity contribution in [2.75, 3.05) is 6.61 Å². The summed E-state index contributed by atoms with van der Waals surface area (Å²) in [5.74, 6) is -1.02. The first kappa shape index (κ1) is 28.4. The van der Waals surface area contributed by atoms with E-state index in [-0.39, 0.29) is 53.6 Å². The summed E-state index contributed by atoms with van der Waals surface area (Å²) < 4.78 is 30.0. The van der Waals surface area contributed by atoms with E-state index in [1.54, 1.807) is 6.08 Å². The van der Waals surface area contributed by atoms with E-state index >= 15 is 0 Å². The van der Waals surface area contributed by atoms with Crippen LogP contribution in [0.4, 0.5) is 0 Å². The van der Waals surface area contributed by atoms with Crippen molar-refractivity contribution >= 4 is 12.3 Å². The summed E-state index contributed by atoms with van der Waals surface area (Å²) in [5, 5.41) is 24.7. The number of rotatable bonds is 4. The third-order valence-corrected chi connectivity index (χ3v) is 12.7. The van der Waals surface area contributed by atoms with E-state index in [1.807, 2.05) is 20.8 Å². The minimum Gasteiger partial charge on any atom is -0.458 e. The van der Waals surface area contributed by atoms with Crippen LogP contribution in [0.2, 0.25) is 0 Å². The fraction of sp³-hybridized carbons (Fsp3) is 0.875. The molecule has 0 amide bonds. The van der Waals surface area contributed by atoms with Crippen LogP contribution in [0.5, 0.6) is 0 Å². The second-order valence-electron chi connectivity index (χ2n) is 14.9. The first-order valence-electron chi connectivity index (χ1n) is 15.8. The van der Waals surface area contributed by atoms with Gasteiger partial charge in [0.05, 0.1) is 34.9 Å². The van der Waals surface area contributed by atoms with Gasteiger partial charge in [0.25, 0.3) is 0 Å². The van der Waals surface area contributed by atoms with Crippen LogP contribution in [-0.4, -0.2) is 76.8 Å². The SMILES string of the molecule is C[C@H]1O[C@@H](O[C@@H]2CC[C@]3(C=O)[C@H]4CC[C@]5(C)[C@@H](C6=CC(=O)OC6)CC[C@]5(O)[C@@H]4CC[C@]3(O)C2)C[C@@H]2OC(C)(C)O[C@@H]21. The molecule has 9 nitrogen and oxygen atoms in total. The Hall–Kier alpha value is -1.36. The zero-order valence-electron chi connectivity index (χ0n) is 24.8. The molecule has 3 aliphatic heterocycles. The molecule has 6 fully saturated rings. The molecule has 2 saturated heterocycles. The molecule has 7 aliphatic rings. The lowest BCUT2D eigenvalue weighted by Gasteiger charge is -2.65. The standard InChI is InChI=1S/C32H46O9/c1-18-27-24(40-28(2,3)41-27)14-26(38-18)39-20-5-10-30(17-33)22-6-9-29(4)21(19-13-25(34)37-16-19)8-12-32(29,36)23(22)7-11-31(30,35)15-20/h13,17-18,20-24,26-27,35-36H,5-12,14-16H2,1-4H3/t18-,20-,21-,22+,23-,24+,26+,27-,29-,30+,31+,32+/m1/s1. The minimum atomic E-state index is -1.19. The molecular formula is C32H46O9. The number of aldehydes is 1. The van der Waals surface area contributed by atoms with Crippen molar-refractivity contribution in [3.05, 3.63) is 11.6 Å². The molecule has 0 radical (unpaired) electrons. The summed E-state index contributed by atoms with van der Waals surface area (Å²) in [7, 11) is 0. The molecule has 0 unspecified atom stereocenters. The molecule has 2 N–H and O–H groups in total. The number of aliphatic hydroxyl groups is 2. The third-order valence-electron chi connectivity index (χ3n) is 12.7. The second-order valence-corrected chi connectivity index (χ2v) is 14.9. The molecule has 0 aromatic carbocycles. The van der Waals surface area contributed by atoms with Crippen molar-refractivity contribution in [2.45, 2.75) is 140 Å². The lowest BCUT2D eigenvalue weighted by atomic mass is 9.41. The molecular weight excluding hydrogens is 528 g/mol. The van der Waals surface area contributed by atoms with Gasteiger partial charge in [-0.15, -0.1) is 0 Å². The average molecular weight is 575 g/mol. The number of hydrogen-bond acceptors (Lipinski definition) is 9. The van der Waals surface area contributed by atoms with E-state index in [2.05, 4.69) is 6.92 Å². The summed E-state index contributed by atoms with van der Waals surface area (Å²) in [6.07, 6.45) is 7.78. The number of cyclic esters (lactones) is 1. The van der Waals surface area contributed by atoms with Crippen molar-refractivity contribution in [3.8, 4) is 0 Å². The number of fused-ring (bicyclic) bond motifs is 6. The maximum absolute atomic E-state index is 13.1. The molecule has 0 aromatic heterocycles. The van der Waals surface area contributed by atoms with Gasteiger partial charge in [-0.25, -0.2) is 4.79 Å². The zero-order valence-corrected chi connectivity index (χ0v) is 24.8. The smallest absolute Gasteiger partial charge is 0.331 e. The summed E-state index contributed by atoms with van der Waals surface area (Å²) in [5.41, 5.74) is -2.44. The molecule has 4 aliphatic carbocycles. The Bertz CT molecular complexity index is 1140. The summed E-state index contributed by atoms with van der Waals surface area (Å²) >= 11 is 0. The Balaban J connectivity index is 1.08. The second kappa shape index (κ2) is 9.32. The Morgan fingerprint density at radius 2 is 1.78 bits per heavy atom. The van der Waals surface area contributed by atoms with Gasteiger partial charge < -0.3 is 38.7 Å². The fourth-order valence-electron chi connectivity index (χ4n) is 10.7. The van der Waals surface area contributed by atoms with Crippen molar-refractivity contribution in [1.29, 1.82) is 0 Å². The highest BCUT2D eigenvalue weighted by atomic mass is 16.8. The maximum atomic E-state index is 13.1. The number of esters is 1. The number of carbonyl (C=O) groups is 2. The summed E-state index contributed by atoms with van der Waals surface area (Å²) in [6, 6.07) is 0. The van der Waals surface area contributed by atoms with Crippen molar-refractivity contribution < 1.29 is 43.5 Å². The zero-order chi connectivity index (χ0) is 29.0. The third kappa shape index (κ3) is 4.02. The van der Waals surface area contributed by atoms with Crippen LogP contribution in [0.1, 0.15) is 91.9 Å². The fourth-order valence-corrected chi connectivity index (χ4v) is 10.7. The monoisotopic (exact) mass is 574 g/mol. The lowest BCUT2D eigenvalue weighted by molar-refractivity contribution is -0.278. The highest BCUT2D eigenvalue weighted by molar-refractivity contribution is 5.85. The first-order valence-corrected chi connectivity index (χ1v) is 15.8. The van der Waals surface area contributed by atoms with E-state index in [4.69, 9.17) is 23.7 Å². The van der Waals surface area contributed by atoms with E-state index < -0.39 is 28.7 Å². The predicted octanol–water partition coefficient (Wildman–Crippen LogP) is 3.58. The molecule has 0 aromatic rings. The highest BCUT2D eigenvalue weighted by Crippen LogP contribution is 2.70. The van der Waals surface area contributed by atoms with Crippen LogP contribution in [0.3, 0.4) is 0 Å². The lowest BCUT2D eigenvalue weighted by Crippen LogP contribution is -2.69. The quantitative estimate of drug-likeness (QED) is 0.295.